The van der Waals surface area contributed by atoms with Crippen molar-refractivity contribution in [3.8, 4) is 11.1 Å². The molecule has 1 aliphatic rings. The summed E-state index contributed by atoms with van der Waals surface area (Å²) in [5.74, 6) is 1.38. The molecule has 0 aliphatic carbocycles. The SMILES string of the molecule is COCc1cc(-c2ccc(F)cc2)cc2c(NC(C)/C3=N/C(C(C)C)=C/CCCO3)ncnc12. The van der Waals surface area contributed by atoms with Crippen molar-refractivity contribution in [2.45, 2.75) is 46.3 Å². The second-order valence-corrected chi connectivity index (χ2v) is 8.78. The minimum absolute atomic E-state index is 0.196. The first kappa shape index (κ1) is 23.8. The van der Waals surface area contributed by atoms with Crippen LogP contribution in [0.2, 0.25) is 0 Å². The number of aliphatic imine (C=N–C) groups is 1. The van der Waals surface area contributed by atoms with E-state index in [1.165, 1.54) is 12.1 Å². The summed E-state index contributed by atoms with van der Waals surface area (Å²) in [6, 6.07) is 10.3. The normalized spacial score (nSPS) is 18.3. The number of ether oxygens (including phenoxy) is 2. The average molecular weight is 463 g/mol. The molecule has 3 aromatic rings. The lowest BCUT2D eigenvalue weighted by Crippen LogP contribution is -2.30. The van der Waals surface area contributed by atoms with Gasteiger partial charge in [0.2, 0.25) is 5.90 Å². The number of nitrogens with one attached hydrogen (secondary N) is 1. The van der Waals surface area contributed by atoms with Crippen molar-refractivity contribution < 1.29 is 13.9 Å². The van der Waals surface area contributed by atoms with Crippen LogP contribution < -0.4 is 5.32 Å². The van der Waals surface area contributed by atoms with E-state index in [0.717, 1.165) is 46.1 Å². The summed E-state index contributed by atoms with van der Waals surface area (Å²) >= 11 is 0. The minimum atomic E-state index is -0.268. The van der Waals surface area contributed by atoms with Crippen LogP contribution in [-0.2, 0) is 16.1 Å². The van der Waals surface area contributed by atoms with E-state index in [-0.39, 0.29) is 11.9 Å². The van der Waals surface area contributed by atoms with E-state index in [9.17, 15) is 4.39 Å². The standard InChI is InChI=1S/C27H31FN4O2/c1-17(2)24-7-5-6-12-34-27(32-24)18(3)31-26-23-14-20(19-8-10-22(28)11-9-19)13-21(15-33-4)25(23)29-16-30-26/h7-11,13-14,16-18H,5-6,12,15H2,1-4H3,(H,29,30,31)/b24-7+,32-27-. The third-order valence-electron chi connectivity index (χ3n) is 5.80. The Hall–Kier alpha value is -3.32. The van der Waals surface area contributed by atoms with Crippen LogP contribution in [0.25, 0.3) is 22.0 Å². The first-order valence-corrected chi connectivity index (χ1v) is 11.7. The highest BCUT2D eigenvalue weighted by Crippen LogP contribution is 2.31. The van der Waals surface area contributed by atoms with Crippen molar-refractivity contribution in [2.24, 2.45) is 10.9 Å². The summed E-state index contributed by atoms with van der Waals surface area (Å²) < 4.78 is 25.0. The summed E-state index contributed by atoms with van der Waals surface area (Å²) in [6.07, 6.45) is 5.68. The molecule has 7 heteroatoms. The van der Waals surface area contributed by atoms with Gasteiger partial charge in [-0.3, -0.25) is 0 Å². The second-order valence-electron chi connectivity index (χ2n) is 8.78. The van der Waals surface area contributed by atoms with E-state index in [0.29, 0.717) is 30.8 Å². The molecule has 34 heavy (non-hydrogen) atoms. The first-order valence-electron chi connectivity index (χ1n) is 11.7. The van der Waals surface area contributed by atoms with E-state index in [2.05, 4.69) is 35.2 Å². The maximum absolute atomic E-state index is 13.5. The molecule has 1 N–H and O–H groups in total. The quantitative estimate of drug-likeness (QED) is 0.457. The molecule has 0 spiro atoms. The zero-order chi connectivity index (χ0) is 24.1. The largest absolute Gasteiger partial charge is 0.479 e. The van der Waals surface area contributed by atoms with Gasteiger partial charge in [-0.25, -0.2) is 19.4 Å². The van der Waals surface area contributed by atoms with Crippen molar-refractivity contribution in [3.05, 3.63) is 65.9 Å². The smallest absolute Gasteiger partial charge is 0.211 e. The van der Waals surface area contributed by atoms with Crippen molar-refractivity contribution in [1.82, 2.24) is 9.97 Å². The molecule has 0 radical (unpaired) electrons. The number of rotatable bonds is 7. The average Bonchev–Trinajstić information content (AvgIpc) is 2.79. The Balaban J connectivity index is 1.74. The van der Waals surface area contributed by atoms with Crippen LogP contribution in [-0.4, -0.2) is 35.6 Å². The Labute approximate surface area is 199 Å². The highest BCUT2D eigenvalue weighted by Gasteiger charge is 2.19. The van der Waals surface area contributed by atoms with Crippen LogP contribution in [0.4, 0.5) is 10.2 Å². The van der Waals surface area contributed by atoms with Crippen LogP contribution in [0.3, 0.4) is 0 Å². The molecule has 1 unspecified atom stereocenters. The Kier molecular flexibility index (Phi) is 7.53. The number of aromatic nitrogens is 2. The number of hydrogen-bond acceptors (Lipinski definition) is 6. The Bertz CT molecular complexity index is 1210. The molecule has 1 aliphatic heterocycles. The molecule has 0 fully saturated rings. The lowest BCUT2D eigenvalue weighted by molar-refractivity contribution is 0.186. The van der Waals surface area contributed by atoms with Gasteiger partial charge in [-0.2, -0.15) is 0 Å². The van der Waals surface area contributed by atoms with Gasteiger partial charge in [0, 0.05) is 23.8 Å². The van der Waals surface area contributed by atoms with Crippen LogP contribution in [0.1, 0.15) is 39.2 Å². The number of nitrogens with zero attached hydrogens (tertiary/aromatic N) is 3. The van der Waals surface area contributed by atoms with Gasteiger partial charge in [0.05, 0.1) is 18.7 Å². The summed E-state index contributed by atoms with van der Waals surface area (Å²) in [5, 5.41) is 4.34. The fourth-order valence-corrected chi connectivity index (χ4v) is 4.00. The number of allylic oxidation sites excluding steroid dienone is 2. The number of benzene rings is 2. The van der Waals surface area contributed by atoms with Gasteiger partial charge in [-0.15, -0.1) is 0 Å². The molecule has 2 heterocycles. The lowest BCUT2D eigenvalue weighted by Gasteiger charge is -2.22. The number of anilines is 1. The first-order chi connectivity index (χ1) is 16.5. The molecule has 1 aromatic heterocycles. The number of fused-ring (bicyclic) bond motifs is 1. The summed E-state index contributed by atoms with van der Waals surface area (Å²) in [4.78, 5) is 13.9. The van der Waals surface area contributed by atoms with Crippen molar-refractivity contribution in [3.63, 3.8) is 0 Å². The molecule has 0 amide bonds. The van der Waals surface area contributed by atoms with Crippen LogP contribution in [0, 0.1) is 11.7 Å². The zero-order valence-corrected chi connectivity index (χ0v) is 20.1. The van der Waals surface area contributed by atoms with E-state index in [1.807, 2.05) is 19.1 Å². The molecular formula is C27H31FN4O2. The van der Waals surface area contributed by atoms with Crippen molar-refractivity contribution in [1.29, 1.82) is 0 Å². The maximum atomic E-state index is 13.5. The highest BCUT2D eigenvalue weighted by molar-refractivity contribution is 5.96. The van der Waals surface area contributed by atoms with Gasteiger partial charge >= 0.3 is 0 Å². The molecule has 2 aromatic carbocycles. The van der Waals surface area contributed by atoms with Gasteiger partial charge in [-0.05, 0) is 61.1 Å². The van der Waals surface area contributed by atoms with Gasteiger partial charge in [0.25, 0.3) is 0 Å². The van der Waals surface area contributed by atoms with Crippen LogP contribution in [0.15, 0.2) is 59.5 Å². The molecule has 178 valence electrons. The number of methoxy groups -OCH3 is 1. The van der Waals surface area contributed by atoms with Crippen LogP contribution in [0.5, 0.6) is 0 Å². The molecular weight excluding hydrogens is 431 g/mol. The van der Waals surface area contributed by atoms with Gasteiger partial charge < -0.3 is 14.8 Å². The van der Waals surface area contributed by atoms with Crippen molar-refractivity contribution in [2.75, 3.05) is 19.0 Å². The van der Waals surface area contributed by atoms with E-state index >= 15 is 0 Å². The van der Waals surface area contributed by atoms with Gasteiger partial charge in [0.15, 0.2) is 0 Å². The summed E-state index contributed by atoms with van der Waals surface area (Å²) in [5.41, 5.74) is 4.62. The van der Waals surface area contributed by atoms with Gasteiger partial charge in [0.1, 0.15) is 24.0 Å². The zero-order valence-electron chi connectivity index (χ0n) is 20.1. The second kappa shape index (κ2) is 10.7. The maximum Gasteiger partial charge on any atom is 0.211 e. The number of halogens is 1. The Morgan fingerprint density at radius 1 is 1.09 bits per heavy atom. The lowest BCUT2D eigenvalue weighted by atomic mass is 9.99. The molecule has 0 saturated carbocycles. The Morgan fingerprint density at radius 2 is 1.88 bits per heavy atom. The number of hydrogen-bond donors (Lipinski definition) is 1. The molecule has 4 rings (SSSR count). The fourth-order valence-electron chi connectivity index (χ4n) is 4.00. The van der Waals surface area contributed by atoms with Crippen molar-refractivity contribution >= 4 is 22.6 Å². The third kappa shape index (κ3) is 5.42. The minimum Gasteiger partial charge on any atom is -0.479 e. The van der Waals surface area contributed by atoms with E-state index in [4.69, 9.17) is 14.5 Å². The van der Waals surface area contributed by atoms with E-state index < -0.39 is 0 Å². The highest BCUT2D eigenvalue weighted by atomic mass is 19.1. The fraction of sp³-hybridized carbons (Fsp3) is 0.370. The molecule has 6 nitrogen and oxygen atoms in total. The van der Waals surface area contributed by atoms with E-state index in [1.54, 1.807) is 25.6 Å². The molecule has 0 saturated heterocycles. The predicted molar refractivity (Wildman–Crippen MR) is 134 cm³/mol. The summed E-state index contributed by atoms with van der Waals surface area (Å²) in [6.45, 7) is 7.32. The third-order valence-corrected chi connectivity index (χ3v) is 5.80. The predicted octanol–water partition coefficient (Wildman–Crippen LogP) is 6.13. The van der Waals surface area contributed by atoms with Gasteiger partial charge in [-0.1, -0.05) is 32.1 Å². The summed E-state index contributed by atoms with van der Waals surface area (Å²) in [7, 11) is 1.66. The topological polar surface area (TPSA) is 68.6 Å². The molecule has 0 bridgehead atoms. The molecule has 1 atom stereocenters. The Morgan fingerprint density at radius 3 is 2.62 bits per heavy atom. The monoisotopic (exact) mass is 462 g/mol. The van der Waals surface area contributed by atoms with Crippen LogP contribution >= 0.6 is 0 Å².